The molecule has 3 fully saturated rings. The molecular formula is C14H24N2O7. The first-order valence-electron chi connectivity index (χ1n) is 7.78. The Morgan fingerprint density at radius 2 is 1.74 bits per heavy atom. The van der Waals surface area contributed by atoms with Crippen molar-refractivity contribution in [2.24, 2.45) is 0 Å². The number of rotatable bonds is 2. The van der Waals surface area contributed by atoms with Crippen LogP contribution < -0.4 is 10.6 Å². The highest BCUT2D eigenvalue weighted by molar-refractivity contribution is 5.87. The summed E-state index contributed by atoms with van der Waals surface area (Å²) in [5, 5.41) is 37.2. The molecule has 0 aromatic heterocycles. The zero-order chi connectivity index (χ0) is 16.9. The average molecular weight is 332 g/mol. The minimum absolute atomic E-state index is 0.00220. The first-order chi connectivity index (χ1) is 10.8. The second-order valence-corrected chi connectivity index (χ2v) is 6.40. The molecule has 0 aromatic carbocycles. The lowest BCUT2D eigenvalue weighted by atomic mass is 9.80. The van der Waals surface area contributed by atoms with E-state index in [9.17, 15) is 20.1 Å². The quantitative estimate of drug-likeness (QED) is 0.361. The maximum Gasteiger partial charge on any atom is 0.280 e. The molecule has 0 aromatic rings. The highest BCUT2D eigenvalue weighted by Crippen LogP contribution is 2.40. The molecule has 23 heavy (non-hydrogen) atoms. The lowest BCUT2D eigenvalue weighted by Crippen LogP contribution is -2.77. The number of nitrogens with one attached hydrogen (secondary N) is 2. The molecule has 1 aliphatic carbocycles. The summed E-state index contributed by atoms with van der Waals surface area (Å²) in [4.78, 5) is 12.2. The maximum atomic E-state index is 12.2. The Labute approximate surface area is 133 Å². The second-order valence-electron chi connectivity index (χ2n) is 6.40. The van der Waals surface area contributed by atoms with Crippen LogP contribution in [0, 0.1) is 0 Å². The van der Waals surface area contributed by atoms with Gasteiger partial charge in [-0.15, -0.1) is 0 Å². The van der Waals surface area contributed by atoms with Crippen molar-refractivity contribution < 1.29 is 34.3 Å². The Morgan fingerprint density at radius 3 is 2.35 bits per heavy atom. The van der Waals surface area contributed by atoms with E-state index in [2.05, 4.69) is 10.6 Å². The van der Waals surface area contributed by atoms with Crippen molar-refractivity contribution in [2.45, 2.75) is 68.0 Å². The van der Waals surface area contributed by atoms with E-state index in [0.29, 0.717) is 0 Å². The molecule has 9 nitrogen and oxygen atoms in total. The number of aliphatic hydroxyl groups is 3. The van der Waals surface area contributed by atoms with E-state index in [0.717, 1.165) is 0 Å². The summed E-state index contributed by atoms with van der Waals surface area (Å²) in [6, 6.07) is -1.29. The van der Waals surface area contributed by atoms with Gasteiger partial charge in [0.25, 0.3) is 5.79 Å². The van der Waals surface area contributed by atoms with E-state index < -0.39 is 60.5 Å². The summed E-state index contributed by atoms with van der Waals surface area (Å²) in [6.07, 6.45) is -5.58. The molecule has 0 bridgehead atoms. The molecule has 9 heteroatoms. The normalized spacial score (nSPS) is 53.6. The van der Waals surface area contributed by atoms with Crippen LogP contribution in [0.3, 0.4) is 0 Å². The van der Waals surface area contributed by atoms with E-state index in [-0.39, 0.29) is 6.42 Å². The smallest absolute Gasteiger partial charge is 0.280 e. The number of hydrogen-bond donors (Lipinski definition) is 5. The van der Waals surface area contributed by atoms with Gasteiger partial charge in [-0.05, 0) is 21.0 Å². The van der Waals surface area contributed by atoms with Gasteiger partial charge in [-0.1, -0.05) is 0 Å². The van der Waals surface area contributed by atoms with E-state index >= 15 is 0 Å². The zero-order valence-electron chi connectivity index (χ0n) is 13.3. The fourth-order valence-corrected chi connectivity index (χ4v) is 3.68. The Kier molecular flexibility index (Phi) is 4.49. The molecule has 1 saturated carbocycles. The van der Waals surface area contributed by atoms with Gasteiger partial charge in [0, 0.05) is 6.42 Å². The summed E-state index contributed by atoms with van der Waals surface area (Å²) in [6.45, 7) is 1.70. The van der Waals surface area contributed by atoms with Gasteiger partial charge >= 0.3 is 0 Å². The van der Waals surface area contributed by atoms with Crippen molar-refractivity contribution in [3.63, 3.8) is 0 Å². The Balaban J connectivity index is 1.92. The van der Waals surface area contributed by atoms with Gasteiger partial charge in [-0.25, -0.2) is 0 Å². The largest absolute Gasteiger partial charge is 0.390 e. The molecule has 5 N–H and O–H groups in total. The fourth-order valence-electron chi connectivity index (χ4n) is 3.68. The number of hydrogen-bond acceptors (Lipinski definition) is 9. The summed E-state index contributed by atoms with van der Waals surface area (Å²) >= 11 is 0. The number of ether oxygens (including phenoxy) is 3. The number of likely N-dealkylation sites (N-methyl/N-ethyl adjacent to an activating group) is 2. The Morgan fingerprint density at radius 1 is 1.09 bits per heavy atom. The standard InChI is InChI=1S/C14H24N2O7/c1-5-4-6(17)14(20)13(21-5)22-12-10(19)7(15-2)9(18)8(16-3)11(12)23-14/h5,7-13,15-16,18-20H,4H2,1-3H3/t5?,7?,8?,9?,10?,11-,12-,13-,14-/m0/s1. The van der Waals surface area contributed by atoms with Crippen molar-refractivity contribution in [3.05, 3.63) is 0 Å². The van der Waals surface area contributed by atoms with Crippen LogP contribution in [-0.4, -0.2) is 89.9 Å². The van der Waals surface area contributed by atoms with Crippen molar-refractivity contribution >= 4 is 5.78 Å². The van der Waals surface area contributed by atoms with Gasteiger partial charge in [-0.3, -0.25) is 4.79 Å². The summed E-state index contributed by atoms with van der Waals surface area (Å²) in [7, 11) is 3.24. The van der Waals surface area contributed by atoms with Crippen molar-refractivity contribution in [1.82, 2.24) is 10.6 Å². The van der Waals surface area contributed by atoms with E-state index in [1.54, 1.807) is 21.0 Å². The molecule has 5 unspecified atom stereocenters. The molecule has 0 radical (unpaired) electrons. The van der Waals surface area contributed by atoms with Crippen LogP contribution >= 0.6 is 0 Å². The van der Waals surface area contributed by atoms with Crippen LogP contribution in [0.5, 0.6) is 0 Å². The molecular weight excluding hydrogens is 308 g/mol. The second kappa shape index (κ2) is 6.01. The van der Waals surface area contributed by atoms with Crippen LogP contribution in [-0.2, 0) is 19.0 Å². The summed E-state index contributed by atoms with van der Waals surface area (Å²) < 4.78 is 16.8. The zero-order valence-corrected chi connectivity index (χ0v) is 13.3. The van der Waals surface area contributed by atoms with Crippen LogP contribution in [0.2, 0.25) is 0 Å². The first kappa shape index (κ1) is 17.2. The third-order valence-electron chi connectivity index (χ3n) is 4.93. The third kappa shape index (κ3) is 2.52. The highest BCUT2D eigenvalue weighted by atomic mass is 16.8. The van der Waals surface area contributed by atoms with Gasteiger partial charge in [0.2, 0.25) is 6.29 Å². The topological polar surface area (TPSA) is 130 Å². The van der Waals surface area contributed by atoms with Gasteiger partial charge in [0.1, 0.15) is 18.3 Å². The van der Waals surface area contributed by atoms with Crippen molar-refractivity contribution in [1.29, 1.82) is 0 Å². The minimum atomic E-state index is -2.23. The monoisotopic (exact) mass is 332 g/mol. The Bertz CT molecular complexity index is 478. The summed E-state index contributed by atoms with van der Waals surface area (Å²) in [5.74, 6) is -2.76. The molecule has 2 heterocycles. The highest BCUT2D eigenvalue weighted by Gasteiger charge is 2.63. The van der Waals surface area contributed by atoms with Gasteiger partial charge < -0.3 is 40.2 Å². The van der Waals surface area contributed by atoms with Gasteiger partial charge in [0.05, 0.1) is 24.3 Å². The van der Waals surface area contributed by atoms with E-state index in [1.807, 2.05) is 0 Å². The molecule has 3 aliphatic rings. The lowest BCUT2D eigenvalue weighted by molar-refractivity contribution is -0.420. The number of ketones is 1. The van der Waals surface area contributed by atoms with Crippen LogP contribution in [0.1, 0.15) is 13.3 Å². The number of fused-ring (bicyclic) bond motifs is 2. The molecule has 0 spiro atoms. The van der Waals surface area contributed by atoms with Crippen molar-refractivity contribution in [3.8, 4) is 0 Å². The number of carbonyl (C=O) groups excluding carboxylic acids is 1. The third-order valence-corrected chi connectivity index (χ3v) is 4.93. The first-order valence-corrected chi connectivity index (χ1v) is 7.78. The summed E-state index contributed by atoms with van der Waals surface area (Å²) in [5.41, 5.74) is 0. The van der Waals surface area contributed by atoms with E-state index in [1.165, 1.54) is 0 Å². The van der Waals surface area contributed by atoms with Crippen LogP contribution in [0.25, 0.3) is 0 Å². The molecule has 0 amide bonds. The van der Waals surface area contributed by atoms with Gasteiger partial charge in [-0.2, -0.15) is 0 Å². The number of carbonyl (C=O) groups is 1. The number of aliphatic hydroxyl groups excluding tert-OH is 2. The molecule has 9 atom stereocenters. The molecule has 132 valence electrons. The number of Topliss-reactive ketones (excluding diaryl/α,β-unsaturated/α-hetero) is 1. The SMILES string of the molecule is CNC1C(O)C(NC)[C@@H]2O[C@@]3(O)C(=O)CC(C)O[C@H]3O[C@H]2C1O. The van der Waals surface area contributed by atoms with E-state index in [4.69, 9.17) is 14.2 Å². The minimum Gasteiger partial charge on any atom is -0.390 e. The molecule has 2 saturated heterocycles. The maximum absolute atomic E-state index is 12.2. The fraction of sp³-hybridized carbons (Fsp3) is 0.929. The van der Waals surface area contributed by atoms with Crippen LogP contribution in [0.15, 0.2) is 0 Å². The molecule has 3 rings (SSSR count). The van der Waals surface area contributed by atoms with Gasteiger partial charge in [0.15, 0.2) is 5.78 Å². The lowest BCUT2D eigenvalue weighted by Gasteiger charge is -2.55. The van der Waals surface area contributed by atoms with Crippen molar-refractivity contribution in [2.75, 3.05) is 14.1 Å². The van der Waals surface area contributed by atoms with Crippen LogP contribution in [0.4, 0.5) is 0 Å². The molecule has 2 aliphatic heterocycles. The average Bonchev–Trinajstić information content (AvgIpc) is 2.49. The predicted molar refractivity (Wildman–Crippen MR) is 76.4 cm³/mol. The Hall–Kier alpha value is -0.650. The predicted octanol–water partition coefficient (Wildman–Crippen LogP) is -2.93.